The first-order valence-electron chi connectivity index (χ1n) is 8.53. The number of hydrogen-bond donors (Lipinski definition) is 2. The minimum atomic E-state index is -0.995. The molecule has 0 saturated carbocycles. The van der Waals surface area contributed by atoms with Crippen LogP contribution in [0, 0.1) is 17.6 Å². The van der Waals surface area contributed by atoms with E-state index in [9.17, 15) is 18.4 Å². The molecule has 2 rings (SSSR count). The largest absolute Gasteiger partial charge is 0.481 e. The molecule has 0 saturated heterocycles. The van der Waals surface area contributed by atoms with Gasteiger partial charge in [-0.1, -0.05) is 13.8 Å². The summed E-state index contributed by atoms with van der Waals surface area (Å²) in [5, 5.41) is 11.8. The van der Waals surface area contributed by atoms with E-state index in [2.05, 4.69) is 10.3 Å². The summed E-state index contributed by atoms with van der Waals surface area (Å²) in [5.41, 5.74) is -0.796. The number of amides is 1. The Hall–Kier alpha value is -2.77. The molecule has 1 aromatic carbocycles. The number of carbonyl (C=O) groups excluding carboxylic acids is 1. The molecule has 0 aliphatic carbocycles. The van der Waals surface area contributed by atoms with Gasteiger partial charge in [0.2, 0.25) is 5.91 Å². The van der Waals surface area contributed by atoms with E-state index >= 15 is 0 Å². The highest BCUT2D eigenvalue weighted by molar-refractivity contribution is 5.78. The fourth-order valence-corrected chi connectivity index (χ4v) is 2.55. The third-order valence-electron chi connectivity index (χ3n) is 4.53. The monoisotopic (exact) mass is 380 g/mol. The minimum absolute atomic E-state index is 0.0355. The second kappa shape index (κ2) is 8.28. The van der Waals surface area contributed by atoms with Gasteiger partial charge in [-0.2, -0.15) is 0 Å². The van der Waals surface area contributed by atoms with Crippen molar-refractivity contribution in [3.63, 3.8) is 0 Å². The molecule has 2 N–H and O–H groups in total. The molecule has 1 unspecified atom stereocenters. The Bertz CT molecular complexity index is 835. The molecule has 1 atom stereocenters. The summed E-state index contributed by atoms with van der Waals surface area (Å²) >= 11 is 0. The van der Waals surface area contributed by atoms with E-state index in [0.29, 0.717) is 0 Å². The number of nitrogens with zero attached hydrogens (tertiary/aromatic N) is 1. The number of halogens is 2. The van der Waals surface area contributed by atoms with E-state index in [0.717, 1.165) is 12.1 Å². The summed E-state index contributed by atoms with van der Waals surface area (Å²) in [6, 6.07) is 3.12. The molecule has 1 heterocycles. The van der Waals surface area contributed by atoms with Crippen LogP contribution in [0.25, 0.3) is 11.3 Å². The lowest BCUT2D eigenvalue weighted by Crippen LogP contribution is -2.51. The molecule has 0 aliphatic rings. The van der Waals surface area contributed by atoms with Crippen molar-refractivity contribution in [2.24, 2.45) is 5.92 Å². The highest BCUT2D eigenvalue weighted by Crippen LogP contribution is 2.25. The maximum absolute atomic E-state index is 13.8. The number of hydrogen-bond acceptors (Lipinski definition) is 4. The zero-order valence-electron chi connectivity index (χ0n) is 15.4. The number of rotatable bonds is 8. The van der Waals surface area contributed by atoms with E-state index in [4.69, 9.17) is 9.52 Å². The van der Waals surface area contributed by atoms with Gasteiger partial charge >= 0.3 is 5.97 Å². The van der Waals surface area contributed by atoms with Crippen LogP contribution in [0.4, 0.5) is 8.78 Å². The number of aliphatic carboxylic acids is 1. The van der Waals surface area contributed by atoms with E-state index < -0.39 is 23.1 Å². The van der Waals surface area contributed by atoms with Crippen LogP contribution in [0.15, 0.2) is 28.8 Å². The summed E-state index contributed by atoms with van der Waals surface area (Å²) in [5.74, 6) is -2.49. The van der Waals surface area contributed by atoms with Gasteiger partial charge in [0.15, 0.2) is 11.7 Å². The van der Waals surface area contributed by atoms with Gasteiger partial charge in [-0.05, 0) is 25.0 Å². The Morgan fingerprint density at radius 3 is 2.63 bits per heavy atom. The Labute approximate surface area is 155 Å². The Balaban J connectivity index is 1.99. The fraction of sp³-hybridized carbons (Fsp3) is 0.421. The third-order valence-corrected chi connectivity index (χ3v) is 4.53. The van der Waals surface area contributed by atoms with Crippen LogP contribution in [0.3, 0.4) is 0 Å². The van der Waals surface area contributed by atoms with Crippen molar-refractivity contribution in [3.8, 4) is 11.3 Å². The molecule has 2 aromatic rings. The van der Waals surface area contributed by atoms with Crippen LogP contribution in [-0.2, 0) is 16.0 Å². The molecule has 1 aromatic heterocycles. The third kappa shape index (κ3) is 5.35. The van der Waals surface area contributed by atoms with Crippen LogP contribution in [-0.4, -0.2) is 27.5 Å². The first kappa shape index (κ1) is 20.5. The van der Waals surface area contributed by atoms with Crippen molar-refractivity contribution < 1.29 is 27.9 Å². The number of aromatic nitrogens is 1. The van der Waals surface area contributed by atoms with Crippen molar-refractivity contribution in [1.29, 1.82) is 0 Å². The standard InChI is InChI=1S/C19H22F2N2O4/c1-11(2)19(3,9-18(25)26)23-16(24)6-7-17-22-10-15(27-17)13-5-4-12(20)8-14(13)21/h4-5,8,10-11H,6-7,9H2,1-3H3,(H,23,24)(H,25,26). The molecule has 0 aliphatic heterocycles. The molecule has 27 heavy (non-hydrogen) atoms. The zero-order valence-corrected chi connectivity index (χ0v) is 15.4. The number of carbonyl (C=O) groups is 2. The van der Waals surface area contributed by atoms with E-state index in [1.54, 1.807) is 6.92 Å². The van der Waals surface area contributed by atoms with E-state index in [1.807, 2.05) is 13.8 Å². The maximum Gasteiger partial charge on any atom is 0.305 e. The number of oxazole rings is 1. The average molecular weight is 380 g/mol. The number of carboxylic acid groups (broad SMARTS) is 1. The van der Waals surface area contributed by atoms with Crippen LogP contribution >= 0.6 is 0 Å². The molecule has 0 fully saturated rings. The molecular formula is C19H22F2N2O4. The normalized spacial score (nSPS) is 13.4. The lowest BCUT2D eigenvalue weighted by Gasteiger charge is -2.33. The van der Waals surface area contributed by atoms with Crippen LogP contribution < -0.4 is 5.32 Å². The second-order valence-electron chi connectivity index (χ2n) is 6.93. The topological polar surface area (TPSA) is 92.4 Å². The predicted octanol–water partition coefficient (Wildman–Crippen LogP) is 3.56. The highest BCUT2D eigenvalue weighted by atomic mass is 19.1. The second-order valence-corrected chi connectivity index (χ2v) is 6.93. The molecule has 0 bridgehead atoms. The van der Waals surface area contributed by atoms with Crippen molar-refractivity contribution in [3.05, 3.63) is 41.9 Å². The number of carboxylic acids is 1. The number of benzene rings is 1. The van der Waals surface area contributed by atoms with Gasteiger partial charge in [0, 0.05) is 24.4 Å². The fourth-order valence-electron chi connectivity index (χ4n) is 2.55. The zero-order chi connectivity index (χ0) is 20.2. The van der Waals surface area contributed by atoms with Gasteiger partial charge in [0.05, 0.1) is 18.2 Å². The molecule has 0 spiro atoms. The first-order valence-corrected chi connectivity index (χ1v) is 8.53. The number of aryl methyl sites for hydroxylation is 1. The van der Waals surface area contributed by atoms with E-state index in [1.165, 1.54) is 12.3 Å². The van der Waals surface area contributed by atoms with Crippen LogP contribution in [0.5, 0.6) is 0 Å². The summed E-state index contributed by atoms with van der Waals surface area (Å²) < 4.78 is 32.2. The Kier molecular flexibility index (Phi) is 6.30. The lowest BCUT2D eigenvalue weighted by atomic mass is 9.85. The van der Waals surface area contributed by atoms with Crippen molar-refractivity contribution in [2.45, 2.75) is 45.6 Å². The molecule has 1 amide bonds. The predicted molar refractivity (Wildman–Crippen MR) is 93.8 cm³/mol. The van der Waals surface area contributed by atoms with Crippen molar-refractivity contribution >= 4 is 11.9 Å². The Morgan fingerprint density at radius 2 is 2.04 bits per heavy atom. The van der Waals surface area contributed by atoms with Crippen molar-refractivity contribution in [2.75, 3.05) is 0 Å². The van der Waals surface area contributed by atoms with Gasteiger partial charge in [-0.3, -0.25) is 9.59 Å². The van der Waals surface area contributed by atoms with Gasteiger partial charge in [-0.15, -0.1) is 0 Å². The Morgan fingerprint density at radius 1 is 1.33 bits per heavy atom. The maximum atomic E-state index is 13.8. The van der Waals surface area contributed by atoms with E-state index in [-0.39, 0.29) is 48.3 Å². The summed E-state index contributed by atoms with van der Waals surface area (Å²) in [6.07, 6.45) is 1.32. The lowest BCUT2D eigenvalue weighted by molar-refractivity contribution is -0.139. The molecule has 0 radical (unpaired) electrons. The minimum Gasteiger partial charge on any atom is -0.481 e. The quantitative estimate of drug-likeness (QED) is 0.731. The smallest absolute Gasteiger partial charge is 0.305 e. The van der Waals surface area contributed by atoms with Crippen LogP contribution in [0.2, 0.25) is 0 Å². The SMILES string of the molecule is CC(C)C(C)(CC(=O)O)NC(=O)CCc1ncc(-c2ccc(F)cc2F)o1. The van der Waals surface area contributed by atoms with Crippen LogP contribution in [0.1, 0.15) is 39.5 Å². The summed E-state index contributed by atoms with van der Waals surface area (Å²) in [6.45, 7) is 5.35. The van der Waals surface area contributed by atoms with Gasteiger partial charge in [0.25, 0.3) is 0 Å². The molecule has 8 heteroatoms. The van der Waals surface area contributed by atoms with Gasteiger partial charge in [0.1, 0.15) is 11.6 Å². The molecule has 146 valence electrons. The summed E-state index contributed by atoms with van der Waals surface area (Å²) in [7, 11) is 0. The van der Waals surface area contributed by atoms with Crippen molar-refractivity contribution in [1.82, 2.24) is 10.3 Å². The summed E-state index contributed by atoms with van der Waals surface area (Å²) in [4.78, 5) is 27.3. The average Bonchev–Trinajstić information content (AvgIpc) is 3.00. The van der Waals surface area contributed by atoms with Gasteiger partial charge < -0.3 is 14.8 Å². The highest BCUT2D eigenvalue weighted by Gasteiger charge is 2.32. The molecule has 6 nitrogen and oxygen atoms in total. The molecular weight excluding hydrogens is 358 g/mol. The number of nitrogens with one attached hydrogen (secondary N) is 1. The first-order chi connectivity index (χ1) is 12.6. The van der Waals surface area contributed by atoms with Gasteiger partial charge in [-0.25, -0.2) is 13.8 Å².